The lowest BCUT2D eigenvalue weighted by molar-refractivity contribution is -0.222. The molecule has 0 bridgehead atoms. The van der Waals surface area contributed by atoms with Crippen LogP contribution in [0.1, 0.15) is 58.8 Å². The van der Waals surface area contributed by atoms with Gasteiger partial charge in [0.1, 0.15) is 23.7 Å². The predicted octanol–water partition coefficient (Wildman–Crippen LogP) is 1.87. The summed E-state index contributed by atoms with van der Waals surface area (Å²) in [6, 6.07) is 0. The van der Waals surface area contributed by atoms with E-state index in [1.165, 1.54) is 0 Å². The summed E-state index contributed by atoms with van der Waals surface area (Å²) in [6.07, 6.45) is 2.61. The molecule has 27 heavy (non-hydrogen) atoms. The average Bonchev–Trinajstić information content (AvgIpc) is 2.88. The van der Waals surface area contributed by atoms with E-state index < -0.39 is 46.5 Å². The summed E-state index contributed by atoms with van der Waals surface area (Å²) < 4.78 is 16.8. The monoisotopic (exact) mass is 380 g/mol. The van der Waals surface area contributed by atoms with Crippen LogP contribution in [0.5, 0.6) is 0 Å². The lowest BCUT2D eigenvalue weighted by Crippen LogP contribution is -2.69. The van der Waals surface area contributed by atoms with Gasteiger partial charge >= 0.3 is 0 Å². The lowest BCUT2D eigenvalue weighted by Gasteiger charge is -2.62. The SMILES string of the molecule is C[C@]12CCC(=O)CC1=CC[C@H]1[C@@H]3CC[C@](O)(C(=O)CO)[C@@]3(C)C[C@H](O)[C@@]12F. The molecule has 0 saturated heterocycles. The predicted molar refractivity (Wildman–Crippen MR) is 95.5 cm³/mol. The van der Waals surface area contributed by atoms with Gasteiger partial charge in [-0.1, -0.05) is 25.5 Å². The van der Waals surface area contributed by atoms with Crippen LogP contribution in [0.2, 0.25) is 0 Å². The number of allylic oxidation sites excluding steroid dienone is 2. The smallest absolute Gasteiger partial charge is 0.190 e. The standard InChI is InChI=1S/C21H29FO5/c1-18-7-5-13(24)9-12(18)3-4-15-14-6-8-20(27,17(26)11-23)19(14,2)10-16(25)21(15,18)22/h3,14-16,23,25,27H,4-11H2,1-2H3/t14-,15-,16-,18-,19-,20-,21-/m0/s1. The van der Waals surface area contributed by atoms with Crippen molar-refractivity contribution in [2.45, 2.75) is 76.2 Å². The Morgan fingerprint density at radius 2 is 2.00 bits per heavy atom. The molecule has 3 N–H and O–H groups in total. The molecule has 0 spiro atoms. The van der Waals surface area contributed by atoms with Gasteiger partial charge in [0.05, 0.1) is 6.10 Å². The molecule has 0 aromatic rings. The number of ketones is 2. The highest BCUT2D eigenvalue weighted by molar-refractivity contribution is 5.89. The van der Waals surface area contributed by atoms with Gasteiger partial charge in [0.15, 0.2) is 5.78 Å². The Labute approximate surface area is 158 Å². The fourth-order valence-corrected chi connectivity index (χ4v) is 7.08. The molecule has 0 radical (unpaired) electrons. The molecular formula is C21H29FO5. The van der Waals surface area contributed by atoms with Crippen molar-refractivity contribution in [1.82, 2.24) is 0 Å². The number of alkyl halides is 1. The molecule has 0 aromatic carbocycles. The van der Waals surface area contributed by atoms with Crippen molar-refractivity contribution in [3.05, 3.63) is 11.6 Å². The van der Waals surface area contributed by atoms with Crippen molar-refractivity contribution >= 4 is 11.6 Å². The summed E-state index contributed by atoms with van der Waals surface area (Å²) in [6.45, 7) is 2.82. The Hall–Kier alpha value is -1.11. The van der Waals surface area contributed by atoms with Crippen molar-refractivity contribution < 1.29 is 29.3 Å². The average molecular weight is 380 g/mol. The van der Waals surface area contributed by atoms with E-state index >= 15 is 4.39 Å². The van der Waals surface area contributed by atoms with E-state index in [9.17, 15) is 24.9 Å². The lowest BCUT2D eigenvalue weighted by atomic mass is 9.44. The van der Waals surface area contributed by atoms with Gasteiger partial charge < -0.3 is 15.3 Å². The molecular weight excluding hydrogens is 351 g/mol. The second kappa shape index (κ2) is 5.71. The number of aliphatic hydroxyl groups excluding tert-OH is 2. The maximum Gasteiger partial charge on any atom is 0.190 e. The first kappa shape index (κ1) is 19.2. The summed E-state index contributed by atoms with van der Waals surface area (Å²) in [5, 5.41) is 31.5. The molecule has 0 heterocycles. The van der Waals surface area contributed by atoms with Gasteiger partial charge in [-0.05, 0) is 38.0 Å². The van der Waals surface area contributed by atoms with Gasteiger partial charge in [-0.25, -0.2) is 4.39 Å². The van der Waals surface area contributed by atoms with Crippen LogP contribution in [0.25, 0.3) is 0 Å². The van der Waals surface area contributed by atoms with Crippen molar-refractivity contribution in [2.24, 2.45) is 22.7 Å². The van der Waals surface area contributed by atoms with Crippen LogP contribution >= 0.6 is 0 Å². The Balaban J connectivity index is 1.80. The molecule has 150 valence electrons. The van der Waals surface area contributed by atoms with Crippen LogP contribution in [-0.4, -0.2) is 50.9 Å². The number of aliphatic hydroxyl groups is 3. The number of hydrogen-bond acceptors (Lipinski definition) is 5. The van der Waals surface area contributed by atoms with Crippen molar-refractivity contribution in [1.29, 1.82) is 0 Å². The molecule has 3 fully saturated rings. The van der Waals surface area contributed by atoms with Crippen molar-refractivity contribution in [2.75, 3.05) is 6.61 Å². The minimum absolute atomic E-state index is 0.0241. The van der Waals surface area contributed by atoms with Crippen LogP contribution in [0.4, 0.5) is 4.39 Å². The van der Waals surface area contributed by atoms with Crippen LogP contribution in [0, 0.1) is 22.7 Å². The largest absolute Gasteiger partial charge is 0.390 e. The molecule has 4 aliphatic rings. The molecule has 6 heteroatoms. The number of fused-ring (bicyclic) bond motifs is 5. The number of Topliss-reactive ketones (excluding diaryl/α,β-unsaturated/α-hetero) is 2. The van der Waals surface area contributed by atoms with Crippen LogP contribution < -0.4 is 0 Å². The molecule has 3 saturated carbocycles. The Kier molecular flexibility index (Phi) is 4.06. The molecule has 4 aliphatic carbocycles. The summed E-state index contributed by atoms with van der Waals surface area (Å²) in [4.78, 5) is 24.3. The number of carbonyl (C=O) groups is 2. The van der Waals surface area contributed by atoms with E-state index in [0.717, 1.165) is 5.57 Å². The third-order valence-electron chi connectivity index (χ3n) is 8.78. The highest BCUT2D eigenvalue weighted by atomic mass is 19.1. The first-order chi connectivity index (χ1) is 12.5. The van der Waals surface area contributed by atoms with E-state index in [1.54, 1.807) is 6.92 Å². The zero-order valence-electron chi connectivity index (χ0n) is 16.0. The molecule has 0 aromatic heterocycles. The summed E-state index contributed by atoms with van der Waals surface area (Å²) in [5.74, 6) is -1.32. The van der Waals surface area contributed by atoms with Crippen LogP contribution in [-0.2, 0) is 9.59 Å². The highest BCUT2D eigenvalue weighted by Gasteiger charge is 2.73. The summed E-state index contributed by atoms with van der Waals surface area (Å²) in [7, 11) is 0. The summed E-state index contributed by atoms with van der Waals surface area (Å²) >= 11 is 0. The first-order valence-corrected chi connectivity index (χ1v) is 9.99. The van der Waals surface area contributed by atoms with Gasteiger partial charge in [0.25, 0.3) is 0 Å². The van der Waals surface area contributed by atoms with Gasteiger partial charge in [-0.2, -0.15) is 0 Å². The molecule has 5 nitrogen and oxygen atoms in total. The Bertz CT molecular complexity index is 734. The highest BCUT2D eigenvalue weighted by Crippen LogP contribution is 2.69. The molecule has 0 amide bonds. The van der Waals surface area contributed by atoms with E-state index in [1.807, 2.05) is 13.0 Å². The zero-order chi connectivity index (χ0) is 19.8. The second-order valence-electron chi connectivity index (χ2n) is 9.61. The van der Waals surface area contributed by atoms with E-state index in [4.69, 9.17) is 0 Å². The van der Waals surface area contributed by atoms with E-state index in [0.29, 0.717) is 25.7 Å². The number of halogens is 1. The normalized spacial score (nSPS) is 51.9. The number of rotatable bonds is 2. The van der Waals surface area contributed by atoms with Gasteiger partial charge in [0.2, 0.25) is 0 Å². The molecule has 7 atom stereocenters. The van der Waals surface area contributed by atoms with E-state index in [-0.39, 0.29) is 31.0 Å². The second-order valence-corrected chi connectivity index (χ2v) is 9.61. The zero-order valence-corrected chi connectivity index (χ0v) is 16.0. The molecule has 0 aliphatic heterocycles. The third-order valence-corrected chi connectivity index (χ3v) is 8.78. The quantitative estimate of drug-likeness (QED) is 0.636. The van der Waals surface area contributed by atoms with Crippen LogP contribution in [0.3, 0.4) is 0 Å². The topological polar surface area (TPSA) is 94.8 Å². The number of hydrogen-bond donors (Lipinski definition) is 3. The van der Waals surface area contributed by atoms with E-state index in [2.05, 4.69) is 0 Å². The van der Waals surface area contributed by atoms with Crippen molar-refractivity contribution in [3.8, 4) is 0 Å². The molecule has 4 rings (SSSR count). The number of carbonyl (C=O) groups excluding carboxylic acids is 2. The fourth-order valence-electron chi connectivity index (χ4n) is 7.08. The first-order valence-electron chi connectivity index (χ1n) is 9.99. The van der Waals surface area contributed by atoms with Gasteiger partial charge in [-0.15, -0.1) is 0 Å². The third kappa shape index (κ3) is 2.10. The van der Waals surface area contributed by atoms with Crippen molar-refractivity contribution in [3.63, 3.8) is 0 Å². The minimum atomic E-state index is -1.88. The van der Waals surface area contributed by atoms with Crippen LogP contribution in [0.15, 0.2) is 11.6 Å². The fraction of sp³-hybridized carbons (Fsp3) is 0.810. The van der Waals surface area contributed by atoms with Gasteiger partial charge in [-0.3, -0.25) is 9.59 Å². The van der Waals surface area contributed by atoms with Gasteiger partial charge in [0, 0.05) is 29.6 Å². The maximum absolute atomic E-state index is 16.8. The minimum Gasteiger partial charge on any atom is -0.390 e. The Morgan fingerprint density at radius 1 is 1.30 bits per heavy atom. The molecule has 0 unspecified atom stereocenters. The maximum atomic E-state index is 16.8. The Morgan fingerprint density at radius 3 is 2.67 bits per heavy atom. The summed E-state index contributed by atoms with van der Waals surface area (Å²) in [5.41, 5.74) is -4.69.